The van der Waals surface area contributed by atoms with Crippen LogP contribution in [0.5, 0.6) is 11.5 Å². The van der Waals surface area contributed by atoms with Gasteiger partial charge in [0.1, 0.15) is 5.60 Å². The number of methoxy groups -OCH3 is 1. The summed E-state index contributed by atoms with van der Waals surface area (Å²) in [5.41, 5.74) is 5.87. The lowest BCUT2D eigenvalue weighted by molar-refractivity contribution is 0.134. The minimum absolute atomic E-state index is 0.271. The van der Waals surface area contributed by atoms with Crippen LogP contribution in [0.3, 0.4) is 0 Å². The Morgan fingerprint density at radius 3 is 2.57 bits per heavy atom. The monoisotopic (exact) mass is 499 g/mol. The number of anilines is 2. The van der Waals surface area contributed by atoms with E-state index in [0.717, 1.165) is 46.7 Å². The number of amides is 1. The maximum Gasteiger partial charge on any atom is 0.418 e. The molecular formula is C30H33N3O4. The molecule has 1 aromatic heterocycles. The van der Waals surface area contributed by atoms with Crippen molar-refractivity contribution in [1.82, 2.24) is 4.98 Å². The molecule has 0 atom stereocenters. The highest BCUT2D eigenvalue weighted by atomic mass is 16.6. The second kappa shape index (κ2) is 9.21. The van der Waals surface area contributed by atoms with Crippen LogP contribution >= 0.6 is 0 Å². The maximum absolute atomic E-state index is 13.0. The first-order chi connectivity index (χ1) is 17.6. The summed E-state index contributed by atoms with van der Waals surface area (Å²) < 4.78 is 17.5. The molecule has 0 aliphatic carbocycles. The van der Waals surface area contributed by atoms with Gasteiger partial charge >= 0.3 is 6.09 Å². The largest absolute Gasteiger partial charge is 0.493 e. The van der Waals surface area contributed by atoms with Crippen LogP contribution in [0.15, 0.2) is 59.9 Å². The molecule has 0 radical (unpaired) electrons. The molecule has 2 aliphatic heterocycles. The molecule has 0 fully saturated rings. The summed E-state index contributed by atoms with van der Waals surface area (Å²) in [4.78, 5) is 24.0. The number of rotatable bonds is 5. The maximum atomic E-state index is 13.0. The van der Waals surface area contributed by atoms with E-state index in [4.69, 9.17) is 19.2 Å². The highest BCUT2D eigenvalue weighted by molar-refractivity contribution is 6.16. The van der Waals surface area contributed by atoms with E-state index < -0.39 is 6.09 Å². The summed E-state index contributed by atoms with van der Waals surface area (Å²) in [6, 6.07) is 13.6. The molecule has 2 aliphatic rings. The van der Waals surface area contributed by atoms with Crippen LogP contribution in [0.25, 0.3) is 0 Å². The van der Waals surface area contributed by atoms with Gasteiger partial charge in [-0.05, 0) is 76.9 Å². The third kappa shape index (κ3) is 4.66. The van der Waals surface area contributed by atoms with Gasteiger partial charge in [-0.3, -0.25) is 9.98 Å². The van der Waals surface area contributed by atoms with Crippen molar-refractivity contribution < 1.29 is 19.0 Å². The van der Waals surface area contributed by atoms with Crippen LogP contribution in [-0.4, -0.2) is 41.6 Å². The van der Waals surface area contributed by atoms with Crippen molar-refractivity contribution in [2.45, 2.75) is 58.6 Å². The molecule has 1 amide bonds. The van der Waals surface area contributed by atoms with Crippen molar-refractivity contribution >= 4 is 23.2 Å². The normalized spacial score (nSPS) is 16.6. The van der Waals surface area contributed by atoms with E-state index in [0.29, 0.717) is 11.4 Å². The number of carbonyl (C=O) groups is 1. The fraction of sp³-hybridized carbons (Fsp3) is 0.367. The average Bonchev–Trinajstić information content (AvgIpc) is 3.18. The van der Waals surface area contributed by atoms with Crippen LogP contribution in [0.4, 0.5) is 16.2 Å². The fourth-order valence-electron chi connectivity index (χ4n) is 5.26. The molecule has 2 aromatic carbocycles. The van der Waals surface area contributed by atoms with Gasteiger partial charge in [0.2, 0.25) is 0 Å². The Hall–Kier alpha value is -3.87. The molecule has 0 saturated heterocycles. The van der Waals surface area contributed by atoms with Crippen molar-refractivity contribution in [1.29, 1.82) is 0 Å². The van der Waals surface area contributed by atoms with Gasteiger partial charge in [0.15, 0.2) is 11.5 Å². The molecule has 0 spiro atoms. The lowest BCUT2D eigenvalue weighted by atomic mass is 9.81. The van der Waals surface area contributed by atoms with Crippen LogP contribution in [0.1, 0.15) is 56.9 Å². The lowest BCUT2D eigenvalue weighted by Crippen LogP contribution is -2.31. The Balaban J connectivity index is 1.68. The van der Waals surface area contributed by atoms with E-state index >= 15 is 0 Å². The number of aromatic nitrogens is 1. The van der Waals surface area contributed by atoms with Gasteiger partial charge in [0, 0.05) is 29.3 Å². The van der Waals surface area contributed by atoms with Gasteiger partial charge in [-0.2, -0.15) is 0 Å². The van der Waals surface area contributed by atoms with Crippen molar-refractivity contribution in [3.8, 4) is 11.5 Å². The van der Waals surface area contributed by atoms with Crippen molar-refractivity contribution in [3.05, 3.63) is 77.1 Å². The number of carbonyl (C=O) groups excluding carboxylic acids is 1. The molecule has 7 nitrogen and oxygen atoms in total. The number of fused-ring (bicyclic) bond motifs is 3. The van der Waals surface area contributed by atoms with Gasteiger partial charge in [-0.25, -0.2) is 9.69 Å². The average molecular weight is 500 g/mol. The van der Waals surface area contributed by atoms with Crippen molar-refractivity contribution in [2.75, 3.05) is 18.6 Å². The summed E-state index contributed by atoms with van der Waals surface area (Å²) in [6.07, 6.45) is 4.42. The molecule has 0 unspecified atom stereocenters. The SMILES string of the molecule is CCOC(=O)N(c1cccnc1)c1cccc(C2=NC(C)(C)Cc3cc(OC)c4c(c32)CC(C)(C)O4)c1. The first-order valence-corrected chi connectivity index (χ1v) is 12.6. The highest BCUT2D eigenvalue weighted by Gasteiger charge is 2.39. The summed E-state index contributed by atoms with van der Waals surface area (Å²) in [6.45, 7) is 10.5. The van der Waals surface area contributed by atoms with E-state index in [1.54, 1.807) is 37.4 Å². The Kier molecular flexibility index (Phi) is 6.18. The zero-order chi connectivity index (χ0) is 26.4. The quantitative estimate of drug-likeness (QED) is 0.414. The van der Waals surface area contributed by atoms with Gasteiger partial charge in [-0.15, -0.1) is 0 Å². The van der Waals surface area contributed by atoms with Crippen molar-refractivity contribution in [3.63, 3.8) is 0 Å². The number of pyridine rings is 1. The summed E-state index contributed by atoms with van der Waals surface area (Å²) in [5.74, 6) is 1.55. The molecule has 3 aromatic rings. The number of aliphatic imine (C=N–C) groups is 1. The van der Waals surface area contributed by atoms with Gasteiger partial charge in [0.05, 0.1) is 42.5 Å². The molecule has 37 heavy (non-hydrogen) atoms. The smallest absolute Gasteiger partial charge is 0.418 e. The standard InChI is InChI=1S/C30H33N3O4/c1-7-36-28(34)33(22-12-9-13-31-18-22)21-11-8-10-19(14-21)26-25-20(16-29(2,3)32-26)15-24(35-6)27-23(25)17-30(4,5)37-27/h8-15,18H,7,16-17H2,1-6H3. The predicted octanol–water partition coefficient (Wildman–Crippen LogP) is 6.27. The second-order valence-corrected chi connectivity index (χ2v) is 10.7. The molecule has 5 rings (SSSR count). The first kappa shape index (κ1) is 24.8. The van der Waals surface area contributed by atoms with Crippen LogP contribution < -0.4 is 14.4 Å². The van der Waals surface area contributed by atoms with E-state index in [1.165, 1.54) is 5.56 Å². The molecule has 3 heterocycles. The van der Waals surface area contributed by atoms with Crippen LogP contribution in [0, 0.1) is 0 Å². The molecule has 0 bridgehead atoms. The van der Waals surface area contributed by atoms with Gasteiger partial charge in [0.25, 0.3) is 0 Å². The Morgan fingerprint density at radius 1 is 1.08 bits per heavy atom. The second-order valence-electron chi connectivity index (χ2n) is 10.7. The van der Waals surface area contributed by atoms with Gasteiger partial charge < -0.3 is 14.2 Å². The minimum Gasteiger partial charge on any atom is -0.493 e. The zero-order valence-electron chi connectivity index (χ0n) is 22.3. The number of hydrogen-bond acceptors (Lipinski definition) is 6. The van der Waals surface area contributed by atoms with Gasteiger partial charge in [-0.1, -0.05) is 12.1 Å². The van der Waals surface area contributed by atoms with E-state index in [2.05, 4.69) is 38.7 Å². The first-order valence-electron chi connectivity index (χ1n) is 12.6. The molecule has 7 heteroatoms. The Morgan fingerprint density at radius 2 is 1.86 bits per heavy atom. The van der Waals surface area contributed by atoms with Crippen LogP contribution in [-0.2, 0) is 17.6 Å². The summed E-state index contributed by atoms with van der Waals surface area (Å²) in [7, 11) is 1.69. The number of hydrogen-bond donors (Lipinski definition) is 0. The summed E-state index contributed by atoms with van der Waals surface area (Å²) >= 11 is 0. The van der Waals surface area contributed by atoms with Crippen LogP contribution in [0.2, 0.25) is 0 Å². The molecule has 192 valence electrons. The Labute approximate surface area is 218 Å². The highest BCUT2D eigenvalue weighted by Crippen LogP contribution is 2.48. The number of nitrogens with zero attached hydrogens (tertiary/aromatic N) is 3. The zero-order valence-corrected chi connectivity index (χ0v) is 22.3. The number of benzene rings is 2. The lowest BCUT2D eigenvalue weighted by Gasteiger charge is -2.31. The van der Waals surface area contributed by atoms with Crippen molar-refractivity contribution in [2.24, 2.45) is 4.99 Å². The third-order valence-corrected chi connectivity index (χ3v) is 6.63. The van der Waals surface area contributed by atoms with E-state index in [-0.39, 0.29) is 17.7 Å². The predicted molar refractivity (Wildman–Crippen MR) is 145 cm³/mol. The molecule has 0 N–H and O–H groups in total. The van der Waals surface area contributed by atoms with E-state index in [9.17, 15) is 4.79 Å². The molecular weight excluding hydrogens is 466 g/mol. The summed E-state index contributed by atoms with van der Waals surface area (Å²) in [5, 5.41) is 0. The Bertz CT molecular complexity index is 1380. The third-order valence-electron chi connectivity index (χ3n) is 6.63. The molecule has 0 saturated carbocycles. The fourth-order valence-corrected chi connectivity index (χ4v) is 5.26. The number of ether oxygens (including phenoxy) is 3. The van der Waals surface area contributed by atoms with E-state index in [1.807, 2.05) is 30.3 Å². The minimum atomic E-state index is -0.459. The topological polar surface area (TPSA) is 73.2 Å².